The predicted molar refractivity (Wildman–Crippen MR) is 81.3 cm³/mol. The molecule has 0 saturated heterocycles. The van der Waals surface area contributed by atoms with Crippen molar-refractivity contribution in [3.63, 3.8) is 0 Å². The van der Waals surface area contributed by atoms with Crippen LogP contribution in [0.15, 0.2) is 48.6 Å². The van der Waals surface area contributed by atoms with Crippen LogP contribution in [-0.4, -0.2) is 25.0 Å². The molecule has 0 N–H and O–H groups in total. The fraction of sp³-hybridized carbons (Fsp3) is 0.0588. The van der Waals surface area contributed by atoms with Crippen LogP contribution in [0.4, 0.5) is 0 Å². The summed E-state index contributed by atoms with van der Waals surface area (Å²) < 4.78 is 4.29. The zero-order chi connectivity index (χ0) is 16.7. The maximum Gasteiger partial charge on any atom is 0.345 e. The summed E-state index contributed by atoms with van der Waals surface area (Å²) >= 11 is 0. The number of carbonyl (C=O) groups excluding carboxylic acids is 4. The summed E-state index contributed by atoms with van der Waals surface area (Å²) in [7, 11) is 0. The van der Waals surface area contributed by atoms with E-state index in [4.69, 9.17) is 0 Å². The summed E-state index contributed by atoms with van der Waals surface area (Å²) in [4.78, 5) is 44.1. The highest BCUT2D eigenvalue weighted by molar-refractivity contribution is 6.01. The Morgan fingerprint density at radius 1 is 1.14 bits per heavy atom. The second-order valence-electron chi connectivity index (χ2n) is 4.41. The lowest BCUT2D eigenvalue weighted by molar-refractivity contribution is -0.147. The van der Waals surface area contributed by atoms with Crippen molar-refractivity contribution in [2.75, 3.05) is 0 Å². The molecule has 0 spiro atoms. The molecule has 0 radical (unpaired) electrons. The van der Waals surface area contributed by atoms with Gasteiger partial charge in [0.1, 0.15) is 0 Å². The summed E-state index contributed by atoms with van der Waals surface area (Å²) in [5.74, 6) is -0.872. The van der Waals surface area contributed by atoms with Gasteiger partial charge in [-0.3, -0.25) is 14.4 Å². The summed E-state index contributed by atoms with van der Waals surface area (Å²) in [6.45, 7) is 9.00. The molecule has 0 saturated carbocycles. The molecule has 112 valence electrons. The van der Waals surface area contributed by atoms with E-state index in [1.807, 2.05) is 0 Å². The first-order chi connectivity index (χ1) is 10.5. The summed E-state index contributed by atoms with van der Waals surface area (Å²) in [6, 6.07) is 4.68. The van der Waals surface area contributed by atoms with E-state index >= 15 is 0 Å². The average molecular weight is 298 g/mol. The highest BCUT2D eigenvalue weighted by Crippen LogP contribution is 2.23. The fourth-order valence-electron chi connectivity index (χ4n) is 1.81. The van der Waals surface area contributed by atoms with E-state index in [1.54, 1.807) is 19.1 Å². The second kappa shape index (κ2) is 7.64. The molecular formula is C17H14O5. The van der Waals surface area contributed by atoms with Gasteiger partial charge in [0.05, 0.1) is 5.57 Å². The van der Waals surface area contributed by atoms with Gasteiger partial charge in [-0.05, 0) is 29.7 Å². The number of benzene rings is 1. The number of carbonyl (C=O) groups is 4. The topological polar surface area (TPSA) is 77.5 Å². The first-order valence-corrected chi connectivity index (χ1v) is 6.21. The van der Waals surface area contributed by atoms with Gasteiger partial charge in [-0.25, -0.2) is 4.79 Å². The maximum absolute atomic E-state index is 11.7. The van der Waals surface area contributed by atoms with Crippen molar-refractivity contribution in [3.8, 4) is 0 Å². The fourth-order valence-corrected chi connectivity index (χ4v) is 1.81. The summed E-state index contributed by atoms with van der Waals surface area (Å²) in [5, 5.41) is 0. The third-order valence-electron chi connectivity index (χ3n) is 2.88. The Bertz CT molecular complexity index is 695. The van der Waals surface area contributed by atoms with Gasteiger partial charge in [-0.2, -0.15) is 0 Å². The summed E-state index contributed by atoms with van der Waals surface area (Å²) in [5.41, 5.74) is 1.51. The van der Waals surface area contributed by atoms with Crippen LogP contribution in [0.25, 0.3) is 5.57 Å². The van der Waals surface area contributed by atoms with Crippen LogP contribution in [0.5, 0.6) is 0 Å². The van der Waals surface area contributed by atoms with Gasteiger partial charge in [-0.1, -0.05) is 31.4 Å². The molecule has 0 fully saturated rings. The molecule has 0 heterocycles. The molecule has 0 aliphatic carbocycles. The molecule has 0 unspecified atom stereocenters. The quantitative estimate of drug-likeness (QED) is 0.254. The van der Waals surface area contributed by atoms with Crippen molar-refractivity contribution in [2.24, 2.45) is 0 Å². The standard InChI is InChI=1S/C17H14O5/c1-11(2)15(17(21)22-10-20)7-12(3)14-6-4-5-13(8-18)16(14)9-19/h4-10H,1,3H2,2H3/b15-7+. The zero-order valence-electron chi connectivity index (χ0n) is 12.0. The van der Waals surface area contributed by atoms with Crippen LogP contribution in [0.1, 0.15) is 33.2 Å². The Morgan fingerprint density at radius 2 is 1.82 bits per heavy atom. The summed E-state index contributed by atoms with van der Waals surface area (Å²) in [6.07, 6.45) is 2.46. The van der Waals surface area contributed by atoms with E-state index in [-0.39, 0.29) is 23.2 Å². The van der Waals surface area contributed by atoms with Crippen molar-refractivity contribution in [3.05, 3.63) is 65.3 Å². The first kappa shape index (κ1) is 17.0. The van der Waals surface area contributed by atoms with Crippen LogP contribution < -0.4 is 0 Å². The zero-order valence-corrected chi connectivity index (χ0v) is 12.0. The van der Waals surface area contributed by atoms with Crippen molar-refractivity contribution >= 4 is 30.6 Å². The van der Waals surface area contributed by atoms with E-state index < -0.39 is 5.97 Å². The van der Waals surface area contributed by atoms with Gasteiger partial charge in [0, 0.05) is 11.1 Å². The van der Waals surface area contributed by atoms with Crippen molar-refractivity contribution in [1.82, 2.24) is 0 Å². The lowest BCUT2D eigenvalue weighted by Gasteiger charge is -2.09. The number of hydrogen-bond acceptors (Lipinski definition) is 5. The van der Waals surface area contributed by atoms with E-state index in [1.165, 1.54) is 12.1 Å². The predicted octanol–water partition coefficient (Wildman–Crippen LogP) is 2.53. The largest absolute Gasteiger partial charge is 0.392 e. The molecule has 5 nitrogen and oxygen atoms in total. The Kier molecular flexibility index (Phi) is 5.89. The van der Waals surface area contributed by atoms with Crippen LogP contribution >= 0.6 is 0 Å². The smallest absolute Gasteiger partial charge is 0.345 e. The third-order valence-corrected chi connectivity index (χ3v) is 2.88. The Hall–Kier alpha value is -3.08. The normalized spacial score (nSPS) is 10.5. The number of allylic oxidation sites excluding steroid dienone is 2. The van der Waals surface area contributed by atoms with E-state index in [0.29, 0.717) is 29.3 Å². The van der Waals surface area contributed by atoms with Gasteiger partial charge in [0.2, 0.25) is 0 Å². The van der Waals surface area contributed by atoms with Crippen LogP contribution in [0.3, 0.4) is 0 Å². The molecule has 0 aliphatic heterocycles. The van der Waals surface area contributed by atoms with Gasteiger partial charge in [0.15, 0.2) is 12.6 Å². The minimum atomic E-state index is -0.872. The number of hydrogen-bond donors (Lipinski definition) is 0. The molecule has 1 aromatic rings. The van der Waals surface area contributed by atoms with Crippen LogP contribution in [-0.2, 0) is 14.3 Å². The van der Waals surface area contributed by atoms with Gasteiger partial charge in [0.25, 0.3) is 0 Å². The Morgan fingerprint density at radius 3 is 2.32 bits per heavy atom. The Balaban J connectivity index is 3.36. The lowest BCUT2D eigenvalue weighted by Crippen LogP contribution is -2.08. The highest BCUT2D eigenvalue weighted by Gasteiger charge is 2.14. The monoisotopic (exact) mass is 298 g/mol. The molecule has 1 aromatic carbocycles. The van der Waals surface area contributed by atoms with E-state index in [2.05, 4.69) is 17.9 Å². The molecule has 0 amide bonds. The number of aldehydes is 2. The molecule has 22 heavy (non-hydrogen) atoms. The van der Waals surface area contributed by atoms with Gasteiger partial charge >= 0.3 is 12.4 Å². The van der Waals surface area contributed by atoms with Gasteiger partial charge in [-0.15, -0.1) is 0 Å². The second-order valence-corrected chi connectivity index (χ2v) is 4.41. The number of esters is 1. The van der Waals surface area contributed by atoms with Crippen molar-refractivity contribution in [1.29, 1.82) is 0 Å². The molecule has 0 aliphatic rings. The molecule has 5 heteroatoms. The minimum absolute atomic E-state index is 0.0196. The van der Waals surface area contributed by atoms with Gasteiger partial charge < -0.3 is 4.74 Å². The molecule has 0 aromatic heterocycles. The van der Waals surface area contributed by atoms with Crippen molar-refractivity contribution < 1.29 is 23.9 Å². The highest BCUT2D eigenvalue weighted by atomic mass is 16.6. The SMILES string of the molecule is C=C(C)/C(=C\C(=C)c1cccc(C=O)c1C=O)C(=O)OC=O. The molecule has 0 atom stereocenters. The molecular weight excluding hydrogens is 284 g/mol. The maximum atomic E-state index is 11.7. The number of ether oxygens (including phenoxy) is 1. The van der Waals surface area contributed by atoms with Crippen LogP contribution in [0, 0.1) is 0 Å². The van der Waals surface area contributed by atoms with Crippen LogP contribution in [0.2, 0.25) is 0 Å². The molecule has 0 bridgehead atoms. The number of rotatable bonds is 7. The first-order valence-electron chi connectivity index (χ1n) is 6.21. The lowest BCUT2D eigenvalue weighted by atomic mass is 9.95. The third kappa shape index (κ3) is 3.73. The van der Waals surface area contributed by atoms with Crippen molar-refractivity contribution in [2.45, 2.75) is 6.92 Å². The Labute approximate surface area is 127 Å². The van der Waals surface area contributed by atoms with E-state index in [9.17, 15) is 19.2 Å². The molecule has 1 rings (SSSR count). The van der Waals surface area contributed by atoms with E-state index in [0.717, 1.165) is 0 Å². The average Bonchev–Trinajstić information content (AvgIpc) is 2.51. The minimum Gasteiger partial charge on any atom is -0.392 e.